The number of nitrogens with one attached hydrogen (secondary N) is 1. The lowest BCUT2D eigenvalue weighted by atomic mass is 10.1. The van der Waals surface area contributed by atoms with Crippen LogP contribution in [0, 0.1) is 0 Å². The lowest BCUT2D eigenvalue weighted by molar-refractivity contribution is 0.102. The highest BCUT2D eigenvalue weighted by Crippen LogP contribution is 2.14. The van der Waals surface area contributed by atoms with Gasteiger partial charge in [0.2, 0.25) is 0 Å². The number of fused-ring (bicyclic) bond motifs is 1. The molecule has 1 aromatic carbocycles. The molecule has 2 heterocycles. The van der Waals surface area contributed by atoms with Crippen molar-refractivity contribution in [1.29, 1.82) is 0 Å². The molecule has 28 heavy (non-hydrogen) atoms. The monoisotopic (exact) mass is 380 g/mol. The van der Waals surface area contributed by atoms with Crippen LogP contribution in [0.1, 0.15) is 42.1 Å². The molecule has 7 nitrogen and oxygen atoms in total. The minimum atomic E-state index is -0.475. The number of amides is 1. The van der Waals surface area contributed by atoms with E-state index in [-0.39, 0.29) is 22.5 Å². The number of carbonyl (C=O) groups is 1. The fourth-order valence-electron chi connectivity index (χ4n) is 3.13. The summed E-state index contributed by atoms with van der Waals surface area (Å²) in [6, 6.07) is 9.23. The first kappa shape index (κ1) is 19.5. The molecule has 0 unspecified atom stereocenters. The summed E-state index contributed by atoms with van der Waals surface area (Å²) in [6.45, 7) is 2.18. The second-order valence-corrected chi connectivity index (χ2v) is 6.91. The largest absolute Gasteiger partial charge is 0.332 e. The molecular formula is C21H24N4O3. The number of anilines is 1. The highest BCUT2D eigenvalue weighted by Gasteiger charge is 2.13. The molecule has 0 aliphatic heterocycles. The van der Waals surface area contributed by atoms with Crippen LogP contribution in [-0.4, -0.2) is 20.0 Å². The van der Waals surface area contributed by atoms with Gasteiger partial charge in [0.25, 0.3) is 11.5 Å². The van der Waals surface area contributed by atoms with E-state index in [1.54, 1.807) is 7.05 Å². The summed E-state index contributed by atoms with van der Waals surface area (Å²) in [5, 5.41) is 3.05. The Bertz CT molecular complexity index is 1130. The summed E-state index contributed by atoms with van der Waals surface area (Å²) < 4.78 is 2.29. The van der Waals surface area contributed by atoms with Crippen LogP contribution in [-0.2, 0) is 20.5 Å². The van der Waals surface area contributed by atoms with Gasteiger partial charge in [-0.25, -0.2) is 9.78 Å². The van der Waals surface area contributed by atoms with E-state index in [4.69, 9.17) is 0 Å². The Balaban J connectivity index is 1.82. The van der Waals surface area contributed by atoms with Gasteiger partial charge >= 0.3 is 5.69 Å². The van der Waals surface area contributed by atoms with Gasteiger partial charge < -0.3 is 5.32 Å². The number of benzene rings is 1. The number of aryl methyl sites for hydroxylation is 2. The fraction of sp³-hybridized carbons (Fsp3) is 0.333. The van der Waals surface area contributed by atoms with E-state index in [1.165, 1.54) is 42.3 Å². The van der Waals surface area contributed by atoms with Crippen LogP contribution in [0.3, 0.4) is 0 Å². The molecule has 0 saturated carbocycles. The van der Waals surface area contributed by atoms with Crippen molar-refractivity contribution >= 4 is 22.6 Å². The first-order valence-corrected chi connectivity index (χ1v) is 9.38. The number of hydrogen-bond acceptors (Lipinski definition) is 4. The van der Waals surface area contributed by atoms with Crippen LogP contribution in [0.5, 0.6) is 0 Å². The minimum Gasteiger partial charge on any atom is -0.322 e. The Morgan fingerprint density at radius 3 is 2.46 bits per heavy atom. The van der Waals surface area contributed by atoms with E-state index in [0.29, 0.717) is 5.69 Å². The summed E-state index contributed by atoms with van der Waals surface area (Å²) in [5.41, 5.74) is 1.50. The van der Waals surface area contributed by atoms with Gasteiger partial charge in [-0.05, 0) is 36.6 Å². The zero-order chi connectivity index (χ0) is 20.3. The van der Waals surface area contributed by atoms with E-state index < -0.39 is 11.2 Å². The van der Waals surface area contributed by atoms with Crippen LogP contribution >= 0.6 is 0 Å². The molecule has 7 heteroatoms. The second kappa shape index (κ2) is 8.21. The first-order valence-electron chi connectivity index (χ1n) is 9.38. The topological polar surface area (TPSA) is 86.0 Å². The van der Waals surface area contributed by atoms with Gasteiger partial charge in [-0.15, -0.1) is 0 Å². The number of nitrogens with zero attached hydrogens (tertiary/aromatic N) is 3. The van der Waals surface area contributed by atoms with Crippen molar-refractivity contribution in [3.05, 3.63) is 68.5 Å². The van der Waals surface area contributed by atoms with Gasteiger partial charge in [0.05, 0.1) is 10.9 Å². The average molecular weight is 380 g/mol. The molecule has 1 N–H and O–H groups in total. The van der Waals surface area contributed by atoms with Crippen LogP contribution in [0.4, 0.5) is 5.69 Å². The van der Waals surface area contributed by atoms with Gasteiger partial charge in [-0.2, -0.15) is 0 Å². The summed E-state index contributed by atoms with van der Waals surface area (Å²) in [7, 11) is 2.94. The first-order chi connectivity index (χ1) is 13.4. The molecular weight excluding hydrogens is 356 g/mol. The maximum atomic E-state index is 12.6. The van der Waals surface area contributed by atoms with Gasteiger partial charge in [0.1, 0.15) is 5.65 Å². The molecule has 2 aromatic heterocycles. The second-order valence-electron chi connectivity index (χ2n) is 6.91. The molecule has 0 fully saturated rings. The van der Waals surface area contributed by atoms with Gasteiger partial charge in [-0.3, -0.25) is 18.7 Å². The fourth-order valence-corrected chi connectivity index (χ4v) is 3.13. The number of pyridine rings is 1. The maximum Gasteiger partial charge on any atom is 0.332 e. The van der Waals surface area contributed by atoms with Crippen molar-refractivity contribution in [2.24, 2.45) is 14.1 Å². The maximum absolute atomic E-state index is 12.6. The summed E-state index contributed by atoms with van der Waals surface area (Å²) in [6.07, 6.45) is 5.94. The number of carbonyl (C=O) groups excluding carboxylic acids is 1. The van der Waals surface area contributed by atoms with E-state index in [9.17, 15) is 14.4 Å². The van der Waals surface area contributed by atoms with Crippen LogP contribution < -0.4 is 16.6 Å². The highest BCUT2D eigenvalue weighted by molar-refractivity contribution is 6.05. The van der Waals surface area contributed by atoms with Crippen molar-refractivity contribution in [3.63, 3.8) is 0 Å². The normalized spacial score (nSPS) is 11.0. The summed E-state index contributed by atoms with van der Waals surface area (Å²) in [5.74, 6) is -0.357. The van der Waals surface area contributed by atoms with Crippen molar-refractivity contribution < 1.29 is 4.79 Å². The third kappa shape index (κ3) is 3.88. The minimum absolute atomic E-state index is 0.225. The Morgan fingerprint density at radius 2 is 1.79 bits per heavy atom. The Labute approximate surface area is 162 Å². The van der Waals surface area contributed by atoms with Gasteiger partial charge in [0, 0.05) is 26.0 Å². The van der Waals surface area contributed by atoms with Crippen molar-refractivity contribution in [3.8, 4) is 0 Å². The van der Waals surface area contributed by atoms with E-state index in [0.717, 1.165) is 17.4 Å². The molecule has 3 aromatic rings. The lowest BCUT2D eigenvalue weighted by Gasteiger charge is -2.09. The zero-order valence-electron chi connectivity index (χ0n) is 16.4. The molecule has 0 bridgehead atoms. The lowest BCUT2D eigenvalue weighted by Crippen LogP contribution is -2.37. The Hall–Kier alpha value is -3.22. The van der Waals surface area contributed by atoms with E-state index in [1.807, 2.05) is 24.3 Å². The van der Waals surface area contributed by atoms with Crippen LogP contribution in [0.15, 0.2) is 46.1 Å². The third-order valence-electron chi connectivity index (χ3n) is 4.84. The van der Waals surface area contributed by atoms with Crippen molar-refractivity contribution in [1.82, 2.24) is 14.1 Å². The molecule has 1 amide bonds. The third-order valence-corrected chi connectivity index (χ3v) is 4.84. The standard InChI is InChI=1S/C21H24N4O3/c1-4-5-6-7-14-8-10-16(11-9-14)23-19(26)15-12-17-18(22-13-15)24(2)21(28)25(3)20(17)27/h8-13H,4-7H2,1-3H3,(H,23,26). The number of unbranched alkanes of at least 4 members (excludes halogenated alkanes) is 2. The zero-order valence-corrected chi connectivity index (χ0v) is 16.4. The number of hydrogen-bond donors (Lipinski definition) is 1. The Morgan fingerprint density at radius 1 is 1.07 bits per heavy atom. The molecule has 146 valence electrons. The quantitative estimate of drug-likeness (QED) is 0.666. The number of rotatable bonds is 6. The van der Waals surface area contributed by atoms with Crippen LogP contribution in [0.25, 0.3) is 11.0 Å². The predicted octanol–water partition coefficient (Wildman–Crippen LogP) is 2.62. The van der Waals surface area contributed by atoms with E-state index in [2.05, 4.69) is 17.2 Å². The predicted molar refractivity (Wildman–Crippen MR) is 110 cm³/mol. The van der Waals surface area contributed by atoms with Gasteiger partial charge in [0.15, 0.2) is 0 Å². The summed E-state index contributed by atoms with van der Waals surface area (Å²) in [4.78, 5) is 41.1. The molecule has 0 aliphatic rings. The molecule has 0 aliphatic carbocycles. The molecule has 3 rings (SSSR count). The van der Waals surface area contributed by atoms with Gasteiger partial charge in [-0.1, -0.05) is 31.9 Å². The smallest absolute Gasteiger partial charge is 0.322 e. The van der Waals surface area contributed by atoms with E-state index >= 15 is 0 Å². The average Bonchev–Trinajstić information content (AvgIpc) is 2.71. The highest BCUT2D eigenvalue weighted by atomic mass is 16.2. The summed E-state index contributed by atoms with van der Waals surface area (Å²) >= 11 is 0. The van der Waals surface area contributed by atoms with Crippen LogP contribution in [0.2, 0.25) is 0 Å². The van der Waals surface area contributed by atoms with Crippen molar-refractivity contribution in [2.75, 3.05) is 5.32 Å². The molecule has 0 saturated heterocycles. The molecule has 0 spiro atoms. The number of aromatic nitrogens is 3. The Kier molecular flexibility index (Phi) is 5.73. The molecule has 0 radical (unpaired) electrons. The van der Waals surface area contributed by atoms with Crippen molar-refractivity contribution in [2.45, 2.75) is 32.6 Å². The molecule has 0 atom stereocenters. The SMILES string of the molecule is CCCCCc1ccc(NC(=O)c2cnc3c(c2)c(=O)n(C)c(=O)n3C)cc1.